The molecule has 17 heavy (non-hydrogen) atoms. The highest BCUT2D eigenvalue weighted by atomic mass is 16.2. The molecule has 2 aliphatic carbocycles. The third kappa shape index (κ3) is 4.59. The average Bonchev–Trinajstić information content (AvgIpc) is 3.12. The summed E-state index contributed by atoms with van der Waals surface area (Å²) in [6, 6.07) is 0.894. The van der Waals surface area contributed by atoms with Crippen LogP contribution in [-0.2, 0) is 0 Å². The number of unbranched alkanes of at least 4 members (excludes halogenated alkanes) is 1. The molecule has 100 valence electrons. The van der Waals surface area contributed by atoms with E-state index in [1.54, 1.807) is 0 Å². The number of aliphatic hydroxyl groups excluding tert-OH is 1. The van der Waals surface area contributed by atoms with Crippen molar-refractivity contribution in [2.75, 3.05) is 19.7 Å². The fraction of sp³-hybridized carbons (Fsp3) is 1.00. The molecule has 0 heterocycles. The van der Waals surface area contributed by atoms with Crippen LogP contribution in [0.4, 0.5) is 0 Å². The van der Waals surface area contributed by atoms with Crippen molar-refractivity contribution in [3.8, 4) is 0 Å². The Balaban J connectivity index is 1.72. The Morgan fingerprint density at radius 1 is 1.12 bits per heavy atom. The Morgan fingerprint density at radius 2 is 1.94 bits per heavy atom. The van der Waals surface area contributed by atoms with E-state index in [2.05, 4.69) is 11.8 Å². The van der Waals surface area contributed by atoms with Crippen molar-refractivity contribution in [2.45, 2.75) is 64.3 Å². The first-order chi connectivity index (χ1) is 8.29. The zero-order chi connectivity index (χ0) is 12.1. The summed E-state index contributed by atoms with van der Waals surface area (Å²) in [7, 11) is 0. The van der Waals surface area contributed by atoms with Gasteiger partial charge < -0.3 is 10.0 Å². The second-order valence-corrected chi connectivity index (χ2v) is 6.29. The Morgan fingerprint density at radius 3 is 2.59 bits per heavy atom. The monoisotopic (exact) mass is 239 g/mol. The molecule has 0 spiro atoms. The lowest BCUT2D eigenvalue weighted by Gasteiger charge is -2.32. The fourth-order valence-electron chi connectivity index (χ4n) is 3.35. The number of aliphatic hydroxyl groups is 1. The summed E-state index contributed by atoms with van der Waals surface area (Å²) in [5.41, 5.74) is 0. The molecule has 0 aliphatic heterocycles. The fourth-order valence-corrected chi connectivity index (χ4v) is 3.35. The average molecular weight is 239 g/mol. The molecule has 2 fully saturated rings. The minimum absolute atomic E-state index is 0.360. The first kappa shape index (κ1) is 13.4. The highest BCUT2D eigenvalue weighted by molar-refractivity contribution is 4.86. The Hall–Kier alpha value is -0.0800. The summed E-state index contributed by atoms with van der Waals surface area (Å²) in [6.45, 7) is 5.33. The number of hydrogen-bond donors (Lipinski definition) is 1. The van der Waals surface area contributed by atoms with Gasteiger partial charge in [-0.15, -0.1) is 0 Å². The normalized spacial score (nSPS) is 29.8. The third-order valence-electron chi connectivity index (χ3n) is 4.45. The van der Waals surface area contributed by atoms with Gasteiger partial charge in [-0.05, 0) is 56.9 Å². The van der Waals surface area contributed by atoms with Gasteiger partial charge in [-0.3, -0.25) is 0 Å². The molecule has 0 aromatic heterocycles. The minimum atomic E-state index is 0.360. The molecule has 0 saturated heterocycles. The Labute approximate surface area is 106 Å². The van der Waals surface area contributed by atoms with Gasteiger partial charge in [0.1, 0.15) is 0 Å². The van der Waals surface area contributed by atoms with Gasteiger partial charge in [-0.1, -0.05) is 19.8 Å². The van der Waals surface area contributed by atoms with Gasteiger partial charge in [0.15, 0.2) is 0 Å². The summed E-state index contributed by atoms with van der Waals surface area (Å²) >= 11 is 0. The van der Waals surface area contributed by atoms with Gasteiger partial charge in [-0.25, -0.2) is 0 Å². The van der Waals surface area contributed by atoms with Gasteiger partial charge in [0, 0.05) is 19.2 Å². The molecule has 2 atom stereocenters. The molecule has 2 rings (SSSR count). The zero-order valence-corrected chi connectivity index (χ0v) is 11.4. The predicted molar refractivity (Wildman–Crippen MR) is 72.0 cm³/mol. The summed E-state index contributed by atoms with van der Waals surface area (Å²) in [6.07, 6.45) is 10.8. The largest absolute Gasteiger partial charge is 0.396 e. The Kier molecular flexibility index (Phi) is 5.30. The minimum Gasteiger partial charge on any atom is -0.396 e. The van der Waals surface area contributed by atoms with E-state index in [1.807, 2.05) is 0 Å². The maximum atomic E-state index is 8.87. The van der Waals surface area contributed by atoms with Gasteiger partial charge in [0.2, 0.25) is 0 Å². The van der Waals surface area contributed by atoms with Crippen LogP contribution in [-0.4, -0.2) is 35.7 Å². The van der Waals surface area contributed by atoms with Crippen LogP contribution in [0.25, 0.3) is 0 Å². The molecule has 2 aliphatic rings. The van der Waals surface area contributed by atoms with E-state index in [9.17, 15) is 0 Å². The number of rotatable bonds is 7. The van der Waals surface area contributed by atoms with E-state index in [0.29, 0.717) is 6.61 Å². The SMILES string of the molecule is CC1CCCC(CN(CCCCO)C2CC2)C1. The Bertz CT molecular complexity index is 215. The van der Waals surface area contributed by atoms with E-state index in [0.717, 1.165) is 24.3 Å². The molecule has 2 unspecified atom stereocenters. The molecule has 0 bridgehead atoms. The molecule has 0 amide bonds. The lowest BCUT2D eigenvalue weighted by molar-refractivity contribution is 0.166. The zero-order valence-electron chi connectivity index (χ0n) is 11.4. The van der Waals surface area contributed by atoms with Crippen LogP contribution in [0.3, 0.4) is 0 Å². The van der Waals surface area contributed by atoms with Crippen LogP contribution in [0.2, 0.25) is 0 Å². The molecule has 2 saturated carbocycles. The maximum absolute atomic E-state index is 8.87. The maximum Gasteiger partial charge on any atom is 0.0431 e. The standard InChI is InChI=1S/C15H29NO/c1-13-5-4-6-14(11-13)12-16(15-7-8-15)9-2-3-10-17/h13-15,17H,2-12H2,1H3. The lowest BCUT2D eigenvalue weighted by Crippen LogP contribution is -2.34. The second kappa shape index (κ2) is 6.75. The quantitative estimate of drug-likeness (QED) is 0.690. The molecular weight excluding hydrogens is 210 g/mol. The molecule has 0 aromatic carbocycles. The second-order valence-electron chi connectivity index (χ2n) is 6.29. The van der Waals surface area contributed by atoms with Crippen molar-refractivity contribution < 1.29 is 5.11 Å². The molecule has 0 radical (unpaired) electrons. The van der Waals surface area contributed by atoms with Crippen LogP contribution in [0.5, 0.6) is 0 Å². The van der Waals surface area contributed by atoms with E-state index >= 15 is 0 Å². The van der Waals surface area contributed by atoms with Crippen LogP contribution >= 0.6 is 0 Å². The highest BCUT2D eigenvalue weighted by Gasteiger charge is 2.31. The van der Waals surface area contributed by atoms with Crippen molar-refractivity contribution in [1.29, 1.82) is 0 Å². The molecule has 2 heteroatoms. The highest BCUT2D eigenvalue weighted by Crippen LogP contribution is 2.33. The number of nitrogens with zero attached hydrogens (tertiary/aromatic N) is 1. The molecule has 0 aromatic rings. The first-order valence-electron chi connectivity index (χ1n) is 7.64. The summed E-state index contributed by atoms with van der Waals surface area (Å²) in [5, 5.41) is 8.87. The predicted octanol–water partition coefficient (Wildman–Crippen LogP) is 3.05. The third-order valence-corrected chi connectivity index (χ3v) is 4.45. The van der Waals surface area contributed by atoms with Gasteiger partial charge in [0.25, 0.3) is 0 Å². The number of hydrogen-bond acceptors (Lipinski definition) is 2. The topological polar surface area (TPSA) is 23.5 Å². The molecule has 2 nitrogen and oxygen atoms in total. The van der Waals surface area contributed by atoms with Gasteiger partial charge in [0.05, 0.1) is 0 Å². The van der Waals surface area contributed by atoms with Crippen molar-refractivity contribution in [3.05, 3.63) is 0 Å². The van der Waals surface area contributed by atoms with E-state index in [-0.39, 0.29) is 0 Å². The van der Waals surface area contributed by atoms with E-state index in [4.69, 9.17) is 5.11 Å². The first-order valence-corrected chi connectivity index (χ1v) is 7.64. The summed E-state index contributed by atoms with van der Waals surface area (Å²) in [4.78, 5) is 2.72. The van der Waals surface area contributed by atoms with Gasteiger partial charge in [-0.2, -0.15) is 0 Å². The van der Waals surface area contributed by atoms with E-state index in [1.165, 1.54) is 58.0 Å². The van der Waals surface area contributed by atoms with Crippen molar-refractivity contribution in [3.63, 3.8) is 0 Å². The van der Waals surface area contributed by atoms with Crippen LogP contribution in [0.15, 0.2) is 0 Å². The van der Waals surface area contributed by atoms with E-state index < -0.39 is 0 Å². The van der Waals surface area contributed by atoms with Gasteiger partial charge >= 0.3 is 0 Å². The van der Waals surface area contributed by atoms with Crippen molar-refractivity contribution in [2.24, 2.45) is 11.8 Å². The smallest absolute Gasteiger partial charge is 0.0431 e. The van der Waals surface area contributed by atoms with Crippen molar-refractivity contribution in [1.82, 2.24) is 4.90 Å². The van der Waals surface area contributed by atoms with Crippen molar-refractivity contribution >= 4 is 0 Å². The lowest BCUT2D eigenvalue weighted by atomic mass is 9.82. The summed E-state index contributed by atoms with van der Waals surface area (Å²) < 4.78 is 0. The summed E-state index contributed by atoms with van der Waals surface area (Å²) in [5.74, 6) is 1.90. The molecule has 1 N–H and O–H groups in total. The van der Waals surface area contributed by atoms with Crippen LogP contribution in [0.1, 0.15) is 58.3 Å². The van der Waals surface area contributed by atoms with Crippen LogP contribution < -0.4 is 0 Å². The molecular formula is C15H29NO. The van der Waals surface area contributed by atoms with Crippen LogP contribution in [0, 0.1) is 11.8 Å².